The molecule has 1 saturated heterocycles. The Kier molecular flexibility index (Phi) is 5.98. The van der Waals surface area contributed by atoms with Crippen LogP contribution in [0.25, 0.3) is 0 Å². The zero-order valence-corrected chi connectivity index (χ0v) is 16.2. The average Bonchev–Trinajstić information content (AvgIpc) is 3.39. The second-order valence-electron chi connectivity index (χ2n) is 6.86. The summed E-state index contributed by atoms with van der Waals surface area (Å²) in [6.45, 7) is 0.467. The number of pyridine rings is 1. The Morgan fingerprint density at radius 1 is 1.20 bits per heavy atom. The molecule has 1 aromatic carbocycles. The summed E-state index contributed by atoms with van der Waals surface area (Å²) in [6.07, 6.45) is 4.43. The molecule has 9 heteroatoms. The van der Waals surface area contributed by atoms with Crippen molar-refractivity contribution in [2.24, 2.45) is 0 Å². The lowest BCUT2D eigenvalue weighted by molar-refractivity contribution is -0.130. The van der Waals surface area contributed by atoms with Crippen LogP contribution >= 0.6 is 0 Å². The van der Waals surface area contributed by atoms with Crippen molar-refractivity contribution >= 4 is 11.8 Å². The second-order valence-corrected chi connectivity index (χ2v) is 6.86. The minimum absolute atomic E-state index is 0.0444. The van der Waals surface area contributed by atoms with E-state index in [0.717, 1.165) is 5.56 Å². The van der Waals surface area contributed by atoms with Crippen molar-refractivity contribution in [1.29, 1.82) is 0 Å². The minimum Gasteiger partial charge on any atom is -0.484 e. The quantitative estimate of drug-likeness (QED) is 0.608. The molecule has 30 heavy (non-hydrogen) atoms. The van der Waals surface area contributed by atoms with Gasteiger partial charge in [0.25, 0.3) is 5.91 Å². The van der Waals surface area contributed by atoms with Gasteiger partial charge < -0.3 is 19.5 Å². The van der Waals surface area contributed by atoms with Crippen LogP contribution in [0.1, 0.15) is 36.2 Å². The summed E-state index contributed by atoms with van der Waals surface area (Å²) >= 11 is 0. The molecule has 4 rings (SSSR count). The number of para-hydroxylation sites is 1. The molecule has 0 aliphatic carbocycles. The van der Waals surface area contributed by atoms with Gasteiger partial charge in [0.05, 0.1) is 6.54 Å². The number of nitrogens with zero attached hydrogens (tertiary/aromatic N) is 4. The Morgan fingerprint density at radius 3 is 2.80 bits per heavy atom. The van der Waals surface area contributed by atoms with Crippen molar-refractivity contribution in [2.75, 3.05) is 6.61 Å². The van der Waals surface area contributed by atoms with Gasteiger partial charge in [0.15, 0.2) is 12.4 Å². The smallest absolute Gasteiger partial charge is 0.258 e. The van der Waals surface area contributed by atoms with Crippen molar-refractivity contribution in [3.8, 4) is 5.75 Å². The molecule has 2 aromatic heterocycles. The Labute approximate surface area is 173 Å². The van der Waals surface area contributed by atoms with Crippen LogP contribution in [0.15, 0.2) is 59.4 Å². The molecule has 3 aromatic rings. The monoisotopic (exact) mass is 407 g/mol. The van der Waals surface area contributed by atoms with Crippen LogP contribution in [-0.2, 0) is 22.7 Å². The molecule has 0 unspecified atom stereocenters. The van der Waals surface area contributed by atoms with Crippen LogP contribution in [0, 0.1) is 0 Å². The van der Waals surface area contributed by atoms with E-state index in [9.17, 15) is 9.59 Å². The lowest BCUT2D eigenvalue weighted by Crippen LogP contribution is -2.29. The number of likely N-dealkylation sites (tertiary alicyclic amines) is 1. The van der Waals surface area contributed by atoms with Crippen LogP contribution in [0.3, 0.4) is 0 Å². The number of carbonyl (C=O) groups is 2. The molecule has 3 heterocycles. The molecular formula is C21H21N5O4. The van der Waals surface area contributed by atoms with E-state index < -0.39 is 0 Å². The van der Waals surface area contributed by atoms with Gasteiger partial charge in [-0.3, -0.25) is 14.6 Å². The minimum atomic E-state index is -0.291. The first-order chi connectivity index (χ1) is 14.7. The molecule has 1 aliphatic rings. The number of nitrogens with one attached hydrogen (secondary N) is 1. The Morgan fingerprint density at radius 2 is 2.00 bits per heavy atom. The molecule has 154 valence electrons. The molecule has 1 N–H and O–H groups in total. The first kappa shape index (κ1) is 19.6. The van der Waals surface area contributed by atoms with E-state index in [4.69, 9.17) is 9.26 Å². The van der Waals surface area contributed by atoms with Crippen molar-refractivity contribution in [3.05, 3.63) is 72.1 Å². The summed E-state index contributed by atoms with van der Waals surface area (Å²) in [5.41, 5.74) is 0.982. The number of hydrogen-bond donors (Lipinski definition) is 1. The second kappa shape index (κ2) is 9.17. The number of aromatic nitrogens is 3. The van der Waals surface area contributed by atoms with E-state index in [-0.39, 0.29) is 31.0 Å². The highest BCUT2D eigenvalue weighted by Crippen LogP contribution is 2.33. The van der Waals surface area contributed by atoms with Gasteiger partial charge in [-0.15, -0.1) is 0 Å². The van der Waals surface area contributed by atoms with Crippen LogP contribution in [0.2, 0.25) is 0 Å². The summed E-state index contributed by atoms with van der Waals surface area (Å²) in [6, 6.07) is 12.6. The first-order valence-electron chi connectivity index (χ1n) is 9.64. The average molecular weight is 407 g/mol. The number of ether oxygens (including phenoxy) is 1. The predicted molar refractivity (Wildman–Crippen MR) is 105 cm³/mol. The topological polar surface area (TPSA) is 110 Å². The van der Waals surface area contributed by atoms with Crippen molar-refractivity contribution < 1.29 is 18.8 Å². The fraction of sp³-hybridized carbons (Fsp3) is 0.286. The van der Waals surface area contributed by atoms with E-state index in [2.05, 4.69) is 20.4 Å². The van der Waals surface area contributed by atoms with Gasteiger partial charge in [-0.05, 0) is 36.2 Å². The molecule has 0 radical (unpaired) electrons. The Balaban J connectivity index is 1.31. The van der Waals surface area contributed by atoms with E-state index in [1.807, 2.05) is 30.3 Å². The van der Waals surface area contributed by atoms with Gasteiger partial charge in [-0.25, -0.2) is 0 Å². The van der Waals surface area contributed by atoms with Crippen molar-refractivity contribution in [1.82, 2.24) is 25.3 Å². The SMILES string of the molecule is O=C(COc1ccccc1)NCc1noc([C@@H]2CCC(=O)N2Cc2ccncc2)n1. The lowest BCUT2D eigenvalue weighted by atomic mass is 10.2. The summed E-state index contributed by atoms with van der Waals surface area (Å²) in [7, 11) is 0. The fourth-order valence-electron chi connectivity index (χ4n) is 3.24. The summed E-state index contributed by atoms with van der Waals surface area (Å²) in [4.78, 5) is 34.4. The van der Waals surface area contributed by atoms with E-state index in [1.165, 1.54) is 0 Å². The van der Waals surface area contributed by atoms with Gasteiger partial charge in [-0.1, -0.05) is 23.4 Å². The van der Waals surface area contributed by atoms with Gasteiger partial charge in [0.2, 0.25) is 11.8 Å². The van der Waals surface area contributed by atoms with E-state index >= 15 is 0 Å². The standard InChI is InChI=1S/C21H21N5O4/c27-19(14-29-16-4-2-1-3-5-16)23-12-18-24-21(30-25-18)17-6-7-20(28)26(17)13-15-8-10-22-11-9-15/h1-5,8-11,17H,6-7,12-14H2,(H,23,27)/t17-/m0/s1. The molecule has 2 amide bonds. The molecule has 1 fully saturated rings. The maximum Gasteiger partial charge on any atom is 0.258 e. The number of hydrogen-bond acceptors (Lipinski definition) is 7. The van der Waals surface area contributed by atoms with Gasteiger partial charge in [-0.2, -0.15) is 4.98 Å². The van der Waals surface area contributed by atoms with Crippen LogP contribution in [-0.4, -0.2) is 38.4 Å². The zero-order valence-electron chi connectivity index (χ0n) is 16.2. The molecule has 1 aliphatic heterocycles. The van der Waals surface area contributed by atoms with Crippen molar-refractivity contribution in [3.63, 3.8) is 0 Å². The number of rotatable bonds is 8. The van der Waals surface area contributed by atoms with Crippen LogP contribution < -0.4 is 10.1 Å². The molecule has 0 saturated carbocycles. The predicted octanol–water partition coefficient (Wildman–Crippen LogP) is 2.02. The normalized spacial score (nSPS) is 15.9. The number of amides is 2. The molecule has 0 spiro atoms. The summed E-state index contributed by atoms with van der Waals surface area (Å²) in [5.74, 6) is 1.10. The third-order valence-electron chi connectivity index (χ3n) is 4.76. The van der Waals surface area contributed by atoms with Gasteiger partial charge in [0.1, 0.15) is 11.8 Å². The largest absolute Gasteiger partial charge is 0.484 e. The maximum atomic E-state index is 12.3. The molecule has 0 bridgehead atoms. The summed E-state index contributed by atoms with van der Waals surface area (Å²) < 4.78 is 10.8. The maximum absolute atomic E-state index is 12.3. The highest BCUT2D eigenvalue weighted by molar-refractivity contribution is 5.79. The van der Waals surface area contributed by atoms with Gasteiger partial charge >= 0.3 is 0 Å². The zero-order chi connectivity index (χ0) is 20.8. The number of carbonyl (C=O) groups excluding carboxylic acids is 2. The fourth-order valence-corrected chi connectivity index (χ4v) is 3.24. The first-order valence-corrected chi connectivity index (χ1v) is 9.64. The third-order valence-corrected chi connectivity index (χ3v) is 4.76. The lowest BCUT2D eigenvalue weighted by Gasteiger charge is -2.21. The number of benzene rings is 1. The Bertz CT molecular complexity index is 993. The van der Waals surface area contributed by atoms with Crippen LogP contribution in [0.5, 0.6) is 5.75 Å². The molecule has 1 atom stereocenters. The van der Waals surface area contributed by atoms with E-state index in [0.29, 0.717) is 36.9 Å². The molecular weight excluding hydrogens is 386 g/mol. The van der Waals surface area contributed by atoms with Crippen LogP contribution in [0.4, 0.5) is 0 Å². The van der Waals surface area contributed by atoms with E-state index in [1.54, 1.807) is 29.4 Å². The highest BCUT2D eigenvalue weighted by atomic mass is 16.5. The Hall–Kier alpha value is -3.75. The van der Waals surface area contributed by atoms with Gasteiger partial charge in [0, 0.05) is 25.4 Å². The van der Waals surface area contributed by atoms with Crippen molar-refractivity contribution in [2.45, 2.75) is 32.0 Å². The highest BCUT2D eigenvalue weighted by Gasteiger charge is 2.35. The third kappa shape index (κ3) is 4.80. The summed E-state index contributed by atoms with van der Waals surface area (Å²) in [5, 5.41) is 6.62. The molecule has 9 nitrogen and oxygen atoms in total.